The van der Waals surface area contributed by atoms with Crippen LogP contribution in [0.1, 0.15) is 5.56 Å². The van der Waals surface area contributed by atoms with Gasteiger partial charge in [-0.1, -0.05) is 18.2 Å². The maximum Gasteiger partial charge on any atom is 0.416 e. The van der Waals surface area contributed by atoms with E-state index in [9.17, 15) is 13.2 Å². The molecule has 0 unspecified atom stereocenters. The molecule has 0 atom stereocenters. The molecule has 1 aliphatic rings. The summed E-state index contributed by atoms with van der Waals surface area (Å²) in [5.74, 6) is 0. The zero-order valence-electron chi connectivity index (χ0n) is 14.5. The average Bonchev–Trinajstić information content (AvgIpc) is 2.63. The highest BCUT2D eigenvalue weighted by Crippen LogP contribution is 2.31. The molecule has 3 rings (SSSR count). The van der Waals surface area contributed by atoms with E-state index >= 15 is 0 Å². The van der Waals surface area contributed by atoms with Gasteiger partial charge in [0.15, 0.2) is 0 Å². The van der Waals surface area contributed by atoms with Crippen LogP contribution in [0.25, 0.3) is 0 Å². The maximum absolute atomic E-state index is 12.9. The number of alkyl halides is 3. The number of hydrogen-bond donors (Lipinski definition) is 2. The summed E-state index contributed by atoms with van der Waals surface area (Å²) in [6.45, 7) is 4.72. The van der Waals surface area contributed by atoms with Crippen LogP contribution in [-0.4, -0.2) is 44.2 Å². The van der Waals surface area contributed by atoms with Gasteiger partial charge in [-0.2, -0.15) is 13.2 Å². The Morgan fingerprint density at radius 1 is 0.962 bits per heavy atom. The van der Waals surface area contributed by atoms with Crippen LogP contribution in [0.2, 0.25) is 0 Å². The molecule has 0 aliphatic carbocycles. The van der Waals surface area contributed by atoms with Crippen molar-refractivity contribution in [2.45, 2.75) is 6.18 Å². The fourth-order valence-corrected chi connectivity index (χ4v) is 3.12. The second kappa shape index (κ2) is 7.86. The third-order valence-corrected chi connectivity index (χ3v) is 4.62. The quantitative estimate of drug-likeness (QED) is 0.797. The van der Waals surface area contributed by atoms with Gasteiger partial charge in [0.25, 0.3) is 0 Å². The third-order valence-electron chi connectivity index (χ3n) is 4.62. The third kappa shape index (κ3) is 4.60. The van der Waals surface area contributed by atoms with Gasteiger partial charge in [-0.25, -0.2) is 0 Å². The smallest absolute Gasteiger partial charge is 0.397 e. The highest BCUT2D eigenvalue weighted by Gasteiger charge is 2.31. The van der Waals surface area contributed by atoms with Crippen molar-refractivity contribution in [1.82, 2.24) is 4.90 Å². The molecule has 1 aliphatic heterocycles. The van der Waals surface area contributed by atoms with Gasteiger partial charge < -0.3 is 16.0 Å². The lowest BCUT2D eigenvalue weighted by Gasteiger charge is -2.36. The summed E-state index contributed by atoms with van der Waals surface area (Å²) < 4.78 is 38.6. The van der Waals surface area contributed by atoms with Crippen molar-refractivity contribution in [2.24, 2.45) is 0 Å². The van der Waals surface area contributed by atoms with Crippen LogP contribution < -0.4 is 16.0 Å². The number of nitrogens with two attached hydrogens (primary N) is 1. The van der Waals surface area contributed by atoms with Gasteiger partial charge in [0.2, 0.25) is 0 Å². The predicted molar refractivity (Wildman–Crippen MR) is 99.4 cm³/mol. The second-order valence-corrected chi connectivity index (χ2v) is 6.39. The van der Waals surface area contributed by atoms with E-state index in [0.29, 0.717) is 5.69 Å². The lowest BCUT2D eigenvalue weighted by molar-refractivity contribution is -0.137. The molecule has 3 N–H and O–H groups in total. The molecule has 26 heavy (non-hydrogen) atoms. The number of hydrogen-bond acceptors (Lipinski definition) is 4. The highest BCUT2D eigenvalue weighted by atomic mass is 19.4. The summed E-state index contributed by atoms with van der Waals surface area (Å²) in [7, 11) is 0. The van der Waals surface area contributed by atoms with E-state index in [1.807, 2.05) is 29.2 Å². The Kier molecular flexibility index (Phi) is 5.56. The number of piperazine rings is 1. The fourth-order valence-electron chi connectivity index (χ4n) is 3.12. The van der Waals surface area contributed by atoms with Crippen LogP contribution in [0.4, 0.5) is 30.2 Å². The number of para-hydroxylation sites is 2. The monoisotopic (exact) mass is 364 g/mol. The van der Waals surface area contributed by atoms with E-state index in [1.54, 1.807) is 6.07 Å². The van der Waals surface area contributed by atoms with E-state index in [1.165, 1.54) is 12.1 Å². The molecular weight excluding hydrogens is 341 g/mol. The number of nitrogen functional groups attached to an aromatic ring is 1. The van der Waals surface area contributed by atoms with Gasteiger partial charge in [-0.3, -0.25) is 4.90 Å². The number of nitrogens with zero attached hydrogens (tertiary/aromatic N) is 2. The minimum absolute atomic E-state index is 0.595. The summed E-state index contributed by atoms with van der Waals surface area (Å²) >= 11 is 0. The van der Waals surface area contributed by atoms with E-state index in [4.69, 9.17) is 5.73 Å². The van der Waals surface area contributed by atoms with Gasteiger partial charge in [-0.15, -0.1) is 0 Å². The highest BCUT2D eigenvalue weighted by molar-refractivity contribution is 5.65. The van der Waals surface area contributed by atoms with Crippen molar-refractivity contribution in [3.05, 3.63) is 54.1 Å². The van der Waals surface area contributed by atoms with E-state index in [2.05, 4.69) is 10.2 Å². The molecular formula is C19H23F3N4. The molecule has 0 aromatic heterocycles. The van der Waals surface area contributed by atoms with Crippen LogP contribution in [0.15, 0.2) is 48.5 Å². The van der Waals surface area contributed by atoms with Crippen molar-refractivity contribution in [2.75, 3.05) is 55.2 Å². The van der Waals surface area contributed by atoms with Gasteiger partial charge >= 0.3 is 6.18 Å². The standard InChI is InChI=1S/C19H23F3N4/c20-19(21,22)15-4-3-5-16(14-15)26-12-10-25(11-13-26)9-8-24-18-7-2-1-6-17(18)23/h1-7,14,24H,8-13,23H2. The number of halogens is 3. The second-order valence-electron chi connectivity index (χ2n) is 6.39. The minimum Gasteiger partial charge on any atom is -0.397 e. The van der Waals surface area contributed by atoms with Gasteiger partial charge in [0.1, 0.15) is 0 Å². The van der Waals surface area contributed by atoms with Crippen molar-refractivity contribution >= 4 is 17.1 Å². The normalized spacial score (nSPS) is 15.9. The molecule has 0 saturated carbocycles. The van der Waals surface area contributed by atoms with Crippen molar-refractivity contribution in [3.63, 3.8) is 0 Å². The predicted octanol–water partition coefficient (Wildman–Crippen LogP) is 3.52. The first-order valence-electron chi connectivity index (χ1n) is 8.66. The van der Waals surface area contributed by atoms with Crippen LogP contribution in [-0.2, 0) is 6.18 Å². The number of nitrogens with one attached hydrogen (secondary N) is 1. The summed E-state index contributed by atoms with van der Waals surface area (Å²) in [6, 6.07) is 13.2. The van der Waals surface area contributed by atoms with Crippen LogP contribution in [0, 0.1) is 0 Å². The molecule has 140 valence electrons. The Labute approximate surface area is 151 Å². The Hall–Kier alpha value is -2.41. The minimum atomic E-state index is -4.30. The SMILES string of the molecule is Nc1ccccc1NCCN1CCN(c2cccc(C(F)(F)F)c2)CC1. The fraction of sp³-hybridized carbons (Fsp3) is 0.368. The molecule has 0 amide bonds. The van der Waals surface area contributed by atoms with Crippen LogP contribution in [0.5, 0.6) is 0 Å². The Morgan fingerprint density at radius 2 is 1.69 bits per heavy atom. The Bertz CT molecular complexity index is 725. The molecule has 4 nitrogen and oxygen atoms in total. The molecule has 7 heteroatoms. The summed E-state index contributed by atoms with van der Waals surface area (Å²) in [5, 5.41) is 3.32. The maximum atomic E-state index is 12.9. The first-order valence-corrected chi connectivity index (χ1v) is 8.66. The average molecular weight is 364 g/mol. The van der Waals surface area contributed by atoms with Gasteiger partial charge in [-0.05, 0) is 30.3 Å². The molecule has 2 aromatic carbocycles. The molecule has 2 aromatic rings. The van der Waals surface area contributed by atoms with E-state index < -0.39 is 11.7 Å². The first kappa shape index (κ1) is 18.4. The molecule has 1 fully saturated rings. The summed E-state index contributed by atoms with van der Waals surface area (Å²) in [5.41, 5.74) is 7.59. The van der Waals surface area contributed by atoms with Crippen molar-refractivity contribution < 1.29 is 13.2 Å². The topological polar surface area (TPSA) is 44.5 Å². The molecule has 0 spiro atoms. The summed E-state index contributed by atoms with van der Waals surface area (Å²) in [4.78, 5) is 4.31. The lowest BCUT2D eigenvalue weighted by Crippen LogP contribution is -2.47. The van der Waals surface area contributed by atoms with Crippen molar-refractivity contribution in [1.29, 1.82) is 0 Å². The zero-order chi connectivity index (χ0) is 18.6. The Balaban J connectivity index is 1.48. The lowest BCUT2D eigenvalue weighted by atomic mass is 10.1. The summed E-state index contributed by atoms with van der Waals surface area (Å²) in [6.07, 6.45) is -4.30. The van der Waals surface area contributed by atoms with Gasteiger partial charge in [0.05, 0.1) is 16.9 Å². The largest absolute Gasteiger partial charge is 0.416 e. The van der Waals surface area contributed by atoms with E-state index in [0.717, 1.165) is 56.7 Å². The number of anilines is 3. The molecule has 1 heterocycles. The molecule has 0 bridgehead atoms. The van der Waals surface area contributed by atoms with Crippen molar-refractivity contribution in [3.8, 4) is 0 Å². The van der Waals surface area contributed by atoms with E-state index in [-0.39, 0.29) is 0 Å². The van der Waals surface area contributed by atoms with Crippen LogP contribution in [0.3, 0.4) is 0 Å². The molecule has 1 saturated heterocycles. The molecule has 0 radical (unpaired) electrons. The zero-order valence-corrected chi connectivity index (χ0v) is 14.5. The van der Waals surface area contributed by atoms with Gasteiger partial charge in [0, 0.05) is 45.0 Å². The first-order chi connectivity index (χ1) is 12.4. The number of benzene rings is 2. The van der Waals surface area contributed by atoms with Crippen LogP contribution >= 0.6 is 0 Å². The Morgan fingerprint density at radius 3 is 2.38 bits per heavy atom. The number of rotatable bonds is 5.